The quantitative estimate of drug-likeness (QED) is 0.0610. The first kappa shape index (κ1) is 45.4. The van der Waals surface area contributed by atoms with Crippen LogP contribution in [0.2, 0.25) is 0 Å². The molecule has 0 saturated carbocycles. The van der Waals surface area contributed by atoms with E-state index in [9.17, 15) is 46.1 Å². The number of amides is 2. The topological polar surface area (TPSA) is 129 Å². The van der Waals surface area contributed by atoms with Crippen molar-refractivity contribution in [2.75, 3.05) is 56.4 Å². The number of hydrogen-bond acceptors (Lipinski definition) is 8. The Hall–Kier alpha value is -3.70. The van der Waals surface area contributed by atoms with Gasteiger partial charge in [-0.05, 0) is 125 Å². The van der Waals surface area contributed by atoms with Gasteiger partial charge >= 0.3 is 0 Å². The summed E-state index contributed by atoms with van der Waals surface area (Å²) in [5, 5.41) is 32.1. The summed E-state index contributed by atoms with van der Waals surface area (Å²) < 4.78 is 86.1. The molecule has 312 valence electrons. The number of β-amino-alcohol motifs (C(OH)–C–C–N with tert-alkyl or cyclic N) is 2. The molecule has 0 aliphatic carbocycles. The molecule has 2 saturated heterocycles. The number of rotatable bonds is 13. The number of halogens is 8. The Labute approximate surface area is 359 Å². The van der Waals surface area contributed by atoms with Gasteiger partial charge in [0.2, 0.25) is 0 Å². The molecular weight excluding hydrogens is 996 g/mol. The Morgan fingerprint density at radius 2 is 1.12 bits per heavy atom. The van der Waals surface area contributed by atoms with Gasteiger partial charge in [-0.3, -0.25) is 9.59 Å². The fourth-order valence-corrected chi connectivity index (χ4v) is 7.24. The minimum absolute atomic E-state index is 0.0646. The first-order chi connectivity index (χ1) is 27.3. The summed E-state index contributed by atoms with van der Waals surface area (Å²) in [6, 6.07) is 12.7. The van der Waals surface area contributed by atoms with Crippen LogP contribution in [0.5, 0.6) is 0 Å². The standard InChI is InChI=1S/C21H23F3IN3O2.C19H19F3IN3O2/c1-12(2)26-8-7-21(30)10-28(11-21)20(29)14-4-5-15(22)18(24)19(14)27-17-6-3-13(25)9-16(17)23;1-2-24-8-19(28)9-26(10-19)18(27)12-4-5-13(20)16(22)17(12)25-15-6-3-11(23)7-14(15)21/h3-6,9,12,26-27,30H,7-8,10-11H2,1-2H3;3-7,24-25,28H,2,8-10H2,1H3. The smallest absolute Gasteiger partial charge is 0.256 e. The van der Waals surface area contributed by atoms with E-state index >= 15 is 0 Å². The third-order valence-corrected chi connectivity index (χ3v) is 10.7. The molecule has 4 aromatic rings. The van der Waals surface area contributed by atoms with Crippen LogP contribution in [0.25, 0.3) is 0 Å². The molecule has 0 aromatic heterocycles. The molecule has 2 aliphatic heterocycles. The summed E-state index contributed by atoms with van der Waals surface area (Å²) in [6.07, 6.45) is 0.464. The molecule has 2 heterocycles. The number of likely N-dealkylation sites (N-methyl/N-ethyl adjacent to an activating group) is 1. The molecule has 0 unspecified atom stereocenters. The lowest BCUT2D eigenvalue weighted by Gasteiger charge is -2.46. The fraction of sp³-hybridized carbons (Fsp3) is 0.350. The third-order valence-electron chi connectivity index (χ3n) is 9.39. The number of nitrogens with one attached hydrogen (secondary N) is 4. The minimum atomic E-state index is -1.27. The van der Waals surface area contributed by atoms with Crippen molar-refractivity contribution in [1.82, 2.24) is 20.4 Å². The number of likely N-dealkylation sites (tertiary alicyclic amines) is 2. The van der Waals surface area contributed by atoms with Crippen molar-refractivity contribution in [3.63, 3.8) is 0 Å². The van der Waals surface area contributed by atoms with Gasteiger partial charge in [-0.1, -0.05) is 20.8 Å². The largest absolute Gasteiger partial charge is 0.386 e. The van der Waals surface area contributed by atoms with Crippen LogP contribution in [0.1, 0.15) is 47.9 Å². The number of nitrogens with zero attached hydrogens (tertiary/aromatic N) is 2. The second kappa shape index (κ2) is 19.1. The van der Waals surface area contributed by atoms with Crippen molar-refractivity contribution in [3.05, 3.63) is 114 Å². The fourth-order valence-electron chi connectivity index (χ4n) is 6.33. The summed E-state index contributed by atoms with van der Waals surface area (Å²) in [6.45, 7) is 7.78. The van der Waals surface area contributed by atoms with Crippen LogP contribution in [0.4, 0.5) is 49.1 Å². The second-order valence-electron chi connectivity index (χ2n) is 14.5. The van der Waals surface area contributed by atoms with Crippen molar-refractivity contribution >= 4 is 79.7 Å². The van der Waals surface area contributed by atoms with E-state index in [4.69, 9.17) is 0 Å². The van der Waals surface area contributed by atoms with Crippen LogP contribution < -0.4 is 21.3 Å². The van der Waals surface area contributed by atoms with Gasteiger partial charge in [0.15, 0.2) is 23.3 Å². The number of anilines is 4. The molecule has 2 amide bonds. The first-order valence-electron chi connectivity index (χ1n) is 18.2. The van der Waals surface area contributed by atoms with Crippen LogP contribution >= 0.6 is 45.2 Å². The maximum Gasteiger partial charge on any atom is 0.256 e. The highest BCUT2D eigenvalue weighted by atomic mass is 127. The second-order valence-corrected chi connectivity index (χ2v) is 17.0. The molecular formula is C40H42F6I2N6O4. The Morgan fingerprint density at radius 1 is 0.690 bits per heavy atom. The van der Waals surface area contributed by atoms with Crippen LogP contribution in [0, 0.1) is 42.0 Å². The molecule has 0 atom stereocenters. The van der Waals surface area contributed by atoms with Crippen molar-refractivity contribution < 1.29 is 46.1 Å². The third kappa shape index (κ3) is 10.9. The molecule has 0 spiro atoms. The van der Waals surface area contributed by atoms with E-state index in [0.29, 0.717) is 33.2 Å². The minimum Gasteiger partial charge on any atom is -0.386 e. The highest BCUT2D eigenvalue weighted by Gasteiger charge is 2.45. The zero-order chi connectivity index (χ0) is 42.5. The predicted octanol–water partition coefficient (Wildman–Crippen LogP) is 7.28. The Bertz CT molecular complexity index is 2150. The number of carbonyl (C=O) groups is 2. The van der Waals surface area contributed by atoms with Crippen molar-refractivity contribution in [2.45, 2.75) is 44.4 Å². The van der Waals surface area contributed by atoms with Gasteiger partial charge in [0.05, 0.1) is 60.1 Å². The van der Waals surface area contributed by atoms with Crippen LogP contribution in [0.15, 0.2) is 60.7 Å². The van der Waals surface area contributed by atoms with E-state index in [-0.39, 0.29) is 54.7 Å². The normalized spacial score (nSPS) is 15.3. The molecule has 0 bridgehead atoms. The molecule has 58 heavy (non-hydrogen) atoms. The Kier molecular flexibility index (Phi) is 15.0. The van der Waals surface area contributed by atoms with Gasteiger partial charge < -0.3 is 41.3 Å². The van der Waals surface area contributed by atoms with Crippen molar-refractivity contribution in [1.29, 1.82) is 0 Å². The molecule has 2 fully saturated rings. The van der Waals surface area contributed by atoms with Crippen molar-refractivity contribution in [2.24, 2.45) is 0 Å². The van der Waals surface area contributed by atoms with Gasteiger partial charge in [0, 0.05) is 19.7 Å². The van der Waals surface area contributed by atoms with Gasteiger partial charge in [-0.15, -0.1) is 0 Å². The number of benzene rings is 4. The van der Waals surface area contributed by atoms with E-state index in [1.807, 2.05) is 66.0 Å². The van der Waals surface area contributed by atoms with Crippen LogP contribution in [0.3, 0.4) is 0 Å². The highest BCUT2D eigenvalue weighted by Crippen LogP contribution is 2.34. The molecule has 6 N–H and O–H groups in total. The highest BCUT2D eigenvalue weighted by molar-refractivity contribution is 14.1. The van der Waals surface area contributed by atoms with E-state index in [2.05, 4.69) is 21.3 Å². The first-order valence-corrected chi connectivity index (χ1v) is 20.4. The zero-order valence-corrected chi connectivity index (χ0v) is 36.0. The molecule has 0 radical (unpaired) electrons. The van der Waals surface area contributed by atoms with E-state index in [1.54, 1.807) is 12.1 Å². The number of aliphatic hydroxyl groups is 2. The van der Waals surface area contributed by atoms with Gasteiger partial charge in [0.25, 0.3) is 11.8 Å². The summed E-state index contributed by atoms with van der Waals surface area (Å²) in [5.41, 5.74) is -3.37. The van der Waals surface area contributed by atoms with E-state index in [0.717, 1.165) is 24.3 Å². The molecule has 4 aromatic carbocycles. The van der Waals surface area contributed by atoms with E-state index in [1.165, 1.54) is 34.1 Å². The Balaban J connectivity index is 0.000000221. The molecule has 10 nitrogen and oxygen atoms in total. The number of hydrogen-bond donors (Lipinski definition) is 6. The van der Waals surface area contributed by atoms with Crippen molar-refractivity contribution in [3.8, 4) is 0 Å². The number of carbonyl (C=O) groups excluding carboxylic acids is 2. The predicted molar refractivity (Wildman–Crippen MR) is 226 cm³/mol. The molecule has 18 heteroatoms. The van der Waals surface area contributed by atoms with Gasteiger partial charge in [-0.25, -0.2) is 26.3 Å². The average Bonchev–Trinajstić information content (AvgIpc) is 3.14. The zero-order valence-electron chi connectivity index (χ0n) is 31.6. The molecule has 6 rings (SSSR count). The SMILES string of the molecule is CC(C)NCCC1(O)CN(C(=O)c2ccc(F)c(F)c2Nc2ccc(I)cc2F)C1.CCNCC1(O)CN(C(=O)c2ccc(F)c(F)c2Nc2ccc(I)cc2F)C1. The average molecular weight is 1040 g/mol. The lowest BCUT2D eigenvalue weighted by molar-refractivity contribution is -0.0852. The van der Waals surface area contributed by atoms with Gasteiger partial charge in [-0.2, -0.15) is 0 Å². The summed E-state index contributed by atoms with van der Waals surface area (Å²) in [4.78, 5) is 28.3. The van der Waals surface area contributed by atoms with Gasteiger partial charge in [0.1, 0.15) is 22.8 Å². The molecule has 2 aliphatic rings. The lowest BCUT2D eigenvalue weighted by atomic mass is 9.89. The maximum absolute atomic E-state index is 14.5. The Morgan fingerprint density at radius 3 is 1.52 bits per heavy atom. The summed E-state index contributed by atoms with van der Waals surface area (Å²) in [5.74, 6) is -7.30. The van der Waals surface area contributed by atoms with Crippen LogP contribution in [-0.4, -0.2) is 94.9 Å². The van der Waals surface area contributed by atoms with Crippen LogP contribution in [-0.2, 0) is 0 Å². The monoisotopic (exact) mass is 1040 g/mol. The van der Waals surface area contributed by atoms with E-state index < -0.39 is 69.3 Å². The maximum atomic E-state index is 14.5. The summed E-state index contributed by atoms with van der Waals surface area (Å²) >= 11 is 3.85. The lowest BCUT2D eigenvalue weighted by Crippen LogP contribution is -2.67. The summed E-state index contributed by atoms with van der Waals surface area (Å²) in [7, 11) is 0.